The lowest BCUT2D eigenvalue weighted by Gasteiger charge is -2.12. The van der Waals surface area contributed by atoms with Gasteiger partial charge < -0.3 is 5.32 Å². The predicted molar refractivity (Wildman–Crippen MR) is 106 cm³/mol. The van der Waals surface area contributed by atoms with Gasteiger partial charge in [-0.15, -0.1) is 0 Å². The third-order valence-electron chi connectivity index (χ3n) is 3.81. The van der Waals surface area contributed by atoms with Crippen molar-refractivity contribution in [1.29, 1.82) is 0 Å². The van der Waals surface area contributed by atoms with Crippen LogP contribution in [0.15, 0.2) is 67.1 Å². The van der Waals surface area contributed by atoms with Crippen LogP contribution in [0, 0.1) is 10.5 Å². The normalized spacial score (nSPS) is 10.9. The van der Waals surface area contributed by atoms with Crippen molar-refractivity contribution >= 4 is 44.9 Å². The molecule has 0 unspecified atom stereocenters. The Bertz CT molecular complexity index is 1010. The zero-order valence-electron chi connectivity index (χ0n) is 13.1. The molecule has 4 aromatic rings. The van der Waals surface area contributed by atoms with Gasteiger partial charge in [-0.05, 0) is 83.6 Å². The molecule has 0 aliphatic heterocycles. The third-order valence-corrected chi connectivity index (χ3v) is 4.48. The fourth-order valence-electron chi connectivity index (χ4n) is 2.77. The molecule has 0 aliphatic carbocycles. The first-order valence-corrected chi connectivity index (χ1v) is 8.70. The number of halogens is 1. The minimum Gasteiger partial charge on any atom is -0.355 e. The van der Waals surface area contributed by atoms with Crippen molar-refractivity contribution in [3.05, 3.63) is 76.3 Å². The third kappa shape index (κ3) is 2.99. The van der Waals surface area contributed by atoms with E-state index in [1.165, 1.54) is 9.13 Å². The van der Waals surface area contributed by atoms with Crippen LogP contribution in [0.25, 0.3) is 16.6 Å². The van der Waals surface area contributed by atoms with E-state index in [-0.39, 0.29) is 0 Å². The van der Waals surface area contributed by atoms with Crippen molar-refractivity contribution in [2.45, 2.75) is 6.92 Å². The van der Waals surface area contributed by atoms with Gasteiger partial charge in [0.1, 0.15) is 0 Å². The second-order valence-corrected chi connectivity index (χ2v) is 6.90. The highest BCUT2D eigenvalue weighted by Gasteiger charge is 2.06. The molecule has 2 aromatic carbocycles. The van der Waals surface area contributed by atoms with E-state index >= 15 is 0 Å². The van der Waals surface area contributed by atoms with Gasteiger partial charge in [0.05, 0.1) is 11.2 Å². The Morgan fingerprint density at radius 3 is 2.79 bits per heavy atom. The molecule has 2 aromatic heterocycles. The number of benzene rings is 2. The molecular formula is C19H15IN4. The fraction of sp³-hybridized carbons (Fsp3) is 0.0526. The molecule has 118 valence electrons. The highest BCUT2D eigenvalue weighted by molar-refractivity contribution is 14.1. The van der Waals surface area contributed by atoms with Crippen LogP contribution >= 0.6 is 22.6 Å². The number of anilines is 2. The van der Waals surface area contributed by atoms with Crippen molar-refractivity contribution in [1.82, 2.24) is 14.8 Å². The number of hydrogen-bond acceptors (Lipinski definition) is 3. The molecule has 0 amide bonds. The lowest BCUT2D eigenvalue weighted by atomic mass is 10.1. The van der Waals surface area contributed by atoms with E-state index in [4.69, 9.17) is 0 Å². The van der Waals surface area contributed by atoms with E-state index in [0.29, 0.717) is 0 Å². The standard InChI is InChI=1S/C19H15IN4/c1-13-9-15(12-16(10-13)24-8-2-6-22-24)23-19-5-7-21-18-4-3-14(20)11-17(18)19/h2-12H,1H3,(H,21,23). The Hall–Kier alpha value is -2.41. The average Bonchev–Trinajstić information content (AvgIpc) is 3.09. The molecular weight excluding hydrogens is 411 g/mol. The number of aromatic nitrogens is 3. The maximum atomic E-state index is 4.44. The van der Waals surface area contributed by atoms with Crippen LogP contribution in [0.4, 0.5) is 11.4 Å². The van der Waals surface area contributed by atoms with Crippen LogP contribution in [0.1, 0.15) is 5.56 Å². The summed E-state index contributed by atoms with van der Waals surface area (Å²) >= 11 is 2.33. The molecule has 0 fully saturated rings. The summed E-state index contributed by atoms with van der Waals surface area (Å²) in [5.74, 6) is 0. The second kappa shape index (κ2) is 6.24. The van der Waals surface area contributed by atoms with Crippen LogP contribution in [0.2, 0.25) is 0 Å². The molecule has 0 bridgehead atoms. The van der Waals surface area contributed by atoms with Gasteiger partial charge in [-0.2, -0.15) is 5.10 Å². The minimum absolute atomic E-state index is 0.986. The van der Waals surface area contributed by atoms with Crippen LogP contribution in [-0.4, -0.2) is 14.8 Å². The summed E-state index contributed by atoms with van der Waals surface area (Å²) in [7, 11) is 0. The molecule has 4 nitrogen and oxygen atoms in total. The van der Waals surface area contributed by atoms with Crippen molar-refractivity contribution in [3.8, 4) is 5.69 Å². The highest BCUT2D eigenvalue weighted by Crippen LogP contribution is 2.28. The number of fused-ring (bicyclic) bond motifs is 1. The lowest BCUT2D eigenvalue weighted by molar-refractivity contribution is 0.879. The van der Waals surface area contributed by atoms with E-state index in [0.717, 1.165) is 28.0 Å². The Kier molecular flexibility index (Phi) is 3.93. The van der Waals surface area contributed by atoms with Gasteiger partial charge in [0, 0.05) is 38.9 Å². The first-order valence-electron chi connectivity index (χ1n) is 7.62. The molecule has 2 heterocycles. The van der Waals surface area contributed by atoms with Gasteiger partial charge in [-0.1, -0.05) is 0 Å². The summed E-state index contributed by atoms with van der Waals surface area (Å²) in [4.78, 5) is 4.44. The molecule has 0 aliphatic rings. The van der Waals surface area contributed by atoms with Crippen molar-refractivity contribution in [3.63, 3.8) is 0 Å². The lowest BCUT2D eigenvalue weighted by Crippen LogP contribution is -1.98. The van der Waals surface area contributed by atoms with Crippen LogP contribution in [-0.2, 0) is 0 Å². The highest BCUT2D eigenvalue weighted by atomic mass is 127. The van der Waals surface area contributed by atoms with Gasteiger partial charge in [-0.25, -0.2) is 4.68 Å². The van der Waals surface area contributed by atoms with E-state index < -0.39 is 0 Å². The summed E-state index contributed by atoms with van der Waals surface area (Å²) in [5.41, 5.74) is 5.29. The molecule has 0 saturated heterocycles. The number of hydrogen-bond donors (Lipinski definition) is 1. The smallest absolute Gasteiger partial charge is 0.0723 e. The maximum Gasteiger partial charge on any atom is 0.0723 e. The summed E-state index contributed by atoms with van der Waals surface area (Å²) in [6.45, 7) is 2.09. The molecule has 24 heavy (non-hydrogen) atoms. The number of nitrogens with zero attached hydrogens (tertiary/aromatic N) is 3. The summed E-state index contributed by atoms with van der Waals surface area (Å²) in [5, 5.41) is 8.97. The monoisotopic (exact) mass is 426 g/mol. The van der Waals surface area contributed by atoms with Gasteiger partial charge in [-0.3, -0.25) is 4.98 Å². The van der Waals surface area contributed by atoms with E-state index in [1.807, 2.05) is 35.3 Å². The topological polar surface area (TPSA) is 42.7 Å². The first kappa shape index (κ1) is 15.1. The van der Waals surface area contributed by atoms with Gasteiger partial charge >= 0.3 is 0 Å². The van der Waals surface area contributed by atoms with Crippen molar-refractivity contribution < 1.29 is 0 Å². The number of nitrogens with one attached hydrogen (secondary N) is 1. The zero-order chi connectivity index (χ0) is 16.5. The van der Waals surface area contributed by atoms with Gasteiger partial charge in [0.15, 0.2) is 0 Å². The molecule has 4 rings (SSSR count). The molecule has 0 atom stereocenters. The van der Waals surface area contributed by atoms with E-state index in [9.17, 15) is 0 Å². The molecule has 1 N–H and O–H groups in total. The van der Waals surface area contributed by atoms with Crippen LogP contribution in [0.5, 0.6) is 0 Å². The molecule has 0 radical (unpaired) electrons. The largest absolute Gasteiger partial charge is 0.355 e. The van der Waals surface area contributed by atoms with Gasteiger partial charge in [0.25, 0.3) is 0 Å². The van der Waals surface area contributed by atoms with E-state index in [2.05, 4.69) is 75.2 Å². The van der Waals surface area contributed by atoms with Crippen LogP contribution in [0.3, 0.4) is 0 Å². The zero-order valence-corrected chi connectivity index (χ0v) is 15.2. The van der Waals surface area contributed by atoms with Gasteiger partial charge in [0.2, 0.25) is 0 Å². The molecule has 5 heteroatoms. The van der Waals surface area contributed by atoms with E-state index in [1.54, 1.807) is 6.20 Å². The minimum atomic E-state index is 0.986. The average molecular weight is 426 g/mol. The second-order valence-electron chi connectivity index (χ2n) is 5.65. The Balaban J connectivity index is 1.77. The van der Waals surface area contributed by atoms with Crippen molar-refractivity contribution in [2.75, 3.05) is 5.32 Å². The summed E-state index contributed by atoms with van der Waals surface area (Å²) < 4.78 is 3.06. The Morgan fingerprint density at radius 1 is 1.04 bits per heavy atom. The molecule has 0 saturated carbocycles. The number of pyridine rings is 1. The predicted octanol–water partition coefficient (Wildman–Crippen LogP) is 5.08. The fourth-order valence-corrected chi connectivity index (χ4v) is 3.26. The van der Waals surface area contributed by atoms with Crippen LogP contribution < -0.4 is 5.32 Å². The Labute approximate surface area is 153 Å². The molecule has 0 spiro atoms. The maximum absolute atomic E-state index is 4.44. The number of aryl methyl sites for hydroxylation is 1. The SMILES string of the molecule is Cc1cc(Nc2ccnc3ccc(I)cc23)cc(-n2cccn2)c1. The summed E-state index contributed by atoms with van der Waals surface area (Å²) in [6.07, 6.45) is 5.57. The Morgan fingerprint density at radius 2 is 1.96 bits per heavy atom. The first-order chi connectivity index (χ1) is 11.7. The van der Waals surface area contributed by atoms with Crippen molar-refractivity contribution in [2.24, 2.45) is 0 Å². The number of rotatable bonds is 3. The quantitative estimate of drug-likeness (QED) is 0.465. The summed E-state index contributed by atoms with van der Waals surface area (Å²) in [6, 6.07) is 16.5.